The Kier molecular flexibility index (Phi) is 7.94. The summed E-state index contributed by atoms with van der Waals surface area (Å²) in [6, 6.07) is 17.8. The number of benzene rings is 2. The zero-order valence-corrected chi connectivity index (χ0v) is 20.7. The van der Waals surface area contributed by atoms with Gasteiger partial charge in [-0.25, -0.2) is 9.71 Å². The summed E-state index contributed by atoms with van der Waals surface area (Å²) in [5.41, 5.74) is 4.17. The van der Waals surface area contributed by atoms with E-state index in [2.05, 4.69) is 33.7 Å². The SMILES string of the molecule is C=C.COc1ccc(Oc2cccc3c2CCC3Oc2ccc(C3CC(=O)NSN3)cc2)c(C)n1. The fourth-order valence-electron chi connectivity index (χ4n) is 4.22. The third-order valence-corrected chi connectivity index (χ3v) is 6.66. The Hall–Kier alpha value is -3.49. The van der Waals surface area contributed by atoms with Crippen molar-refractivity contribution in [2.45, 2.75) is 38.3 Å². The maximum Gasteiger partial charge on any atom is 0.232 e. The van der Waals surface area contributed by atoms with Crippen LogP contribution >= 0.6 is 12.1 Å². The van der Waals surface area contributed by atoms with Crippen molar-refractivity contribution in [2.75, 3.05) is 7.11 Å². The van der Waals surface area contributed by atoms with Crippen molar-refractivity contribution in [1.82, 2.24) is 14.4 Å². The monoisotopic (exact) mass is 491 g/mol. The highest BCUT2D eigenvalue weighted by atomic mass is 32.2. The van der Waals surface area contributed by atoms with Crippen LogP contribution in [0.3, 0.4) is 0 Å². The molecule has 1 aliphatic carbocycles. The first-order valence-electron chi connectivity index (χ1n) is 11.4. The summed E-state index contributed by atoms with van der Waals surface area (Å²) in [6.07, 6.45) is 2.17. The minimum atomic E-state index is -0.0290. The molecule has 8 heteroatoms. The summed E-state index contributed by atoms with van der Waals surface area (Å²) in [7, 11) is 1.60. The number of aryl methyl sites for hydroxylation is 1. The van der Waals surface area contributed by atoms with Gasteiger partial charge in [0.25, 0.3) is 0 Å². The van der Waals surface area contributed by atoms with E-state index in [9.17, 15) is 4.79 Å². The van der Waals surface area contributed by atoms with E-state index >= 15 is 0 Å². The molecule has 0 bridgehead atoms. The van der Waals surface area contributed by atoms with Crippen molar-refractivity contribution in [1.29, 1.82) is 0 Å². The van der Waals surface area contributed by atoms with E-state index < -0.39 is 0 Å². The van der Waals surface area contributed by atoms with E-state index in [-0.39, 0.29) is 18.1 Å². The third-order valence-electron chi connectivity index (χ3n) is 5.93. The highest BCUT2D eigenvalue weighted by Gasteiger charge is 2.28. The van der Waals surface area contributed by atoms with Crippen LogP contribution in [-0.4, -0.2) is 18.0 Å². The number of aromatic nitrogens is 1. The van der Waals surface area contributed by atoms with E-state index in [1.165, 1.54) is 17.7 Å². The second-order valence-electron chi connectivity index (χ2n) is 8.08. The molecule has 0 radical (unpaired) electrons. The highest BCUT2D eigenvalue weighted by Crippen LogP contribution is 2.41. The van der Waals surface area contributed by atoms with E-state index in [0.717, 1.165) is 41.2 Å². The lowest BCUT2D eigenvalue weighted by atomic mass is 10.0. The lowest BCUT2D eigenvalue weighted by Gasteiger charge is -2.23. The van der Waals surface area contributed by atoms with Crippen molar-refractivity contribution in [3.05, 3.63) is 90.1 Å². The number of ether oxygens (including phenoxy) is 3. The Morgan fingerprint density at radius 1 is 1.06 bits per heavy atom. The van der Waals surface area contributed by atoms with Crippen LogP contribution in [0.2, 0.25) is 0 Å². The second-order valence-corrected chi connectivity index (χ2v) is 8.72. The predicted molar refractivity (Wildman–Crippen MR) is 138 cm³/mol. The van der Waals surface area contributed by atoms with Gasteiger partial charge in [-0.15, -0.1) is 13.2 Å². The van der Waals surface area contributed by atoms with Gasteiger partial charge in [-0.3, -0.25) is 9.52 Å². The Balaban J connectivity index is 0.00000141. The molecular weight excluding hydrogens is 462 g/mol. The number of fused-ring (bicyclic) bond motifs is 1. The number of nitrogens with zero attached hydrogens (tertiary/aromatic N) is 1. The largest absolute Gasteiger partial charge is 0.486 e. The lowest BCUT2D eigenvalue weighted by molar-refractivity contribution is -0.120. The molecule has 1 fully saturated rings. The quantitative estimate of drug-likeness (QED) is 0.334. The van der Waals surface area contributed by atoms with Crippen molar-refractivity contribution in [3.8, 4) is 23.1 Å². The van der Waals surface area contributed by atoms with Crippen LogP contribution in [0.1, 0.15) is 47.4 Å². The molecule has 1 saturated heterocycles. The van der Waals surface area contributed by atoms with Crippen LogP contribution in [0.15, 0.2) is 67.8 Å². The van der Waals surface area contributed by atoms with Gasteiger partial charge in [0.05, 0.1) is 18.8 Å². The fraction of sp³-hybridized carbons (Fsp3) is 0.259. The summed E-state index contributed by atoms with van der Waals surface area (Å²) >= 11 is 1.23. The van der Waals surface area contributed by atoms with E-state index in [1.54, 1.807) is 13.2 Å². The molecule has 0 spiro atoms. The van der Waals surface area contributed by atoms with Crippen LogP contribution in [0.4, 0.5) is 0 Å². The molecule has 0 saturated carbocycles. The maximum atomic E-state index is 11.6. The molecular formula is C27H29N3O4S. The Bertz CT molecular complexity index is 1190. The standard InChI is InChI=1S/C25H25N3O4S.C2H4/c1-15-21(12-13-25(26-15)30-2)32-22-5-3-4-18-19(22)10-11-23(18)31-17-8-6-16(7-9-17)20-14-24(29)28-33-27-20;1-2/h3-9,12-13,20,23,27H,10-11,14H2,1-2H3,(H,28,29);1-2H2. The summed E-state index contributed by atoms with van der Waals surface area (Å²) in [4.78, 5) is 16.0. The number of nitrogens with one attached hydrogen (secondary N) is 2. The first-order valence-corrected chi connectivity index (χ1v) is 12.2. The number of pyridine rings is 1. The predicted octanol–water partition coefficient (Wildman–Crippen LogP) is 5.77. The van der Waals surface area contributed by atoms with Crippen LogP contribution in [-0.2, 0) is 11.2 Å². The molecule has 2 aliphatic rings. The highest BCUT2D eigenvalue weighted by molar-refractivity contribution is 7.96. The maximum absolute atomic E-state index is 11.6. The molecule has 182 valence electrons. The van der Waals surface area contributed by atoms with Gasteiger partial charge in [0.15, 0.2) is 0 Å². The van der Waals surface area contributed by atoms with Gasteiger partial charge in [-0.1, -0.05) is 24.3 Å². The van der Waals surface area contributed by atoms with Crippen molar-refractivity contribution in [3.63, 3.8) is 0 Å². The minimum Gasteiger partial charge on any atom is -0.486 e. The molecule has 1 aliphatic heterocycles. The number of hydrogen-bond donors (Lipinski definition) is 2. The van der Waals surface area contributed by atoms with Crippen LogP contribution in [0, 0.1) is 6.92 Å². The van der Waals surface area contributed by atoms with E-state index in [0.29, 0.717) is 18.1 Å². The normalized spacial score (nSPS) is 18.5. The molecule has 2 aromatic carbocycles. The zero-order chi connectivity index (χ0) is 24.8. The van der Waals surface area contributed by atoms with Crippen molar-refractivity contribution < 1.29 is 19.0 Å². The molecule has 3 aromatic rings. The number of hydrogen-bond acceptors (Lipinski definition) is 7. The number of amides is 1. The molecule has 2 atom stereocenters. The van der Waals surface area contributed by atoms with Gasteiger partial charge in [-0.05, 0) is 55.2 Å². The average molecular weight is 492 g/mol. The summed E-state index contributed by atoms with van der Waals surface area (Å²) in [5.74, 6) is 2.96. The molecule has 2 N–H and O–H groups in total. The lowest BCUT2D eigenvalue weighted by Crippen LogP contribution is -2.33. The van der Waals surface area contributed by atoms with Gasteiger partial charge >= 0.3 is 0 Å². The molecule has 1 amide bonds. The van der Waals surface area contributed by atoms with Gasteiger partial charge < -0.3 is 14.2 Å². The molecule has 2 unspecified atom stereocenters. The number of carbonyl (C=O) groups excluding carboxylic acids is 1. The van der Waals surface area contributed by atoms with Gasteiger partial charge in [0.2, 0.25) is 11.8 Å². The van der Waals surface area contributed by atoms with Gasteiger partial charge in [0.1, 0.15) is 23.4 Å². The minimum absolute atomic E-state index is 0.000569. The number of carbonyl (C=O) groups is 1. The fourth-order valence-corrected chi connectivity index (χ4v) is 4.84. The van der Waals surface area contributed by atoms with Gasteiger partial charge in [0, 0.05) is 30.2 Å². The molecule has 5 rings (SSSR count). The van der Waals surface area contributed by atoms with Gasteiger partial charge in [-0.2, -0.15) is 0 Å². The Morgan fingerprint density at radius 3 is 2.57 bits per heavy atom. The summed E-state index contributed by atoms with van der Waals surface area (Å²) in [5, 5.41) is 0. The van der Waals surface area contributed by atoms with Crippen LogP contribution in [0.25, 0.3) is 0 Å². The van der Waals surface area contributed by atoms with Crippen molar-refractivity contribution in [2.24, 2.45) is 0 Å². The Labute approximate surface area is 210 Å². The topological polar surface area (TPSA) is 81.7 Å². The molecule has 2 heterocycles. The number of methoxy groups -OCH3 is 1. The van der Waals surface area contributed by atoms with Crippen LogP contribution in [0.5, 0.6) is 23.1 Å². The average Bonchev–Trinajstić information content (AvgIpc) is 3.30. The smallest absolute Gasteiger partial charge is 0.232 e. The summed E-state index contributed by atoms with van der Waals surface area (Å²) < 4.78 is 23.7. The van der Waals surface area contributed by atoms with Crippen LogP contribution < -0.4 is 23.7 Å². The number of rotatable bonds is 6. The first-order chi connectivity index (χ1) is 17.1. The molecule has 7 nitrogen and oxygen atoms in total. The van der Waals surface area contributed by atoms with E-state index in [1.807, 2.05) is 49.4 Å². The molecule has 35 heavy (non-hydrogen) atoms. The first kappa shape index (κ1) is 24.6. The molecule has 1 aromatic heterocycles. The summed E-state index contributed by atoms with van der Waals surface area (Å²) in [6.45, 7) is 7.91. The zero-order valence-electron chi connectivity index (χ0n) is 19.9. The Morgan fingerprint density at radius 2 is 1.86 bits per heavy atom. The third kappa shape index (κ3) is 5.61. The van der Waals surface area contributed by atoms with Crippen molar-refractivity contribution >= 4 is 18.0 Å². The van der Waals surface area contributed by atoms with E-state index in [4.69, 9.17) is 14.2 Å². The second kappa shape index (κ2) is 11.3.